The van der Waals surface area contributed by atoms with Gasteiger partial charge in [0.05, 0.1) is 26.3 Å². The Bertz CT molecular complexity index is 306. The molecule has 0 aliphatic rings. The Morgan fingerprint density at radius 1 is 1.00 bits per heavy atom. The molecule has 0 aromatic heterocycles. The molecule has 2 amide bonds. The van der Waals surface area contributed by atoms with Crippen molar-refractivity contribution in [3.63, 3.8) is 0 Å². The molecule has 0 aliphatic heterocycles. The van der Waals surface area contributed by atoms with Crippen LogP contribution in [-0.4, -0.2) is 55.7 Å². The van der Waals surface area contributed by atoms with Crippen LogP contribution in [0.2, 0.25) is 0 Å². The minimum atomic E-state index is -0.778. The second-order valence-corrected chi connectivity index (χ2v) is 3.78. The zero-order valence-electron chi connectivity index (χ0n) is 11.7. The molecule has 1 N–H and O–H groups in total. The number of esters is 1. The van der Waals surface area contributed by atoms with Crippen molar-refractivity contribution in [2.45, 2.75) is 27.2 Å². The Kier molecular flexibility index (Phi) is 9.42. The lowest BCUT2D eigenvalue weighted by Gasteiger charge is -2.19. The van der Waals surface area contributed by atoms with E-state index in [1.165, 1.54) is 0 Å². The van der Waals surface area contributed by atoms with E-state index < -0.39 is 12.0 Å². The minimum absolute atomic E-state index is 0.0257. The SMILES string of the molecule is CCCN(CC(=O)NC(=O)OCC)CC(=O)OCC. The van der Waals surface area contributed by atoms with Crippen molar-refractivity contribution >= 4 is 18.0 Å². The quantitative estimate of drug-likeness (QED) is 0.650. The molecule has 0 heterocycles. The lowest BCUT2D eigenvalue weighted by molar-refractivity contribution is -0.144. The Labute approximate surface area is 113 Å². The summed E-state index contributed by atoms with van der Waals surface area (Å²) >= 11 is 0. The molecular weight excluding hydrogens is 252 g/mol. The van der Waals surface area contributed by atoms with Crippen LogP contribution in [0, 0.1) is 0 Å². The van der Waals surface area contributed by atoms with Gasteiger partial charge >= 0.3 is 12.1 Å². The molecule has 0 unspecified atom stereocenters. The van der Waals surface area contributed by atoms with Gasteiger partial charge in [0.15, 0.2) is 0 Å². The monoisotopic (exact) mass is 274 g/mol. The summed E-state index contributed by atoms with van der Waals surface area (Å²) in [6.45, 7) is 6.33. The van der Waals surface area contributed by atoms with Crippen LogP contribution >= 0.6 is 0 Å². The highest BCUT2D eigenvalue weighted by Crippen LogP contribution is 1.93. The molecule has 0 spiro atoms. The number of hydrogen-bond donors (Lipinski definition) is 1. The lowest BCUT2D eigenvalue weighted by Crippen LogP contribution is -2.42. The fraction of sp³-hybridized carbons (Fsp3) is 0.750. The van der Waals surface area contributed by atoms with Crippen molar-refractivity contribution in [3.05, 3.63) is 0 Å². The number of rotatable bonds is 8. The molecule has 0 atom stereocenters. The second-order valence-electron chi connectivity index (χ2n) is 3.78. The summed E-state index contributed by atoms with van der Waals surface area (Å²) in [6.07, 6.45) is 0.00612. The van der Waals surface area contributed by atoms with Gasteiger partial charge in [0.2, 0.25) is 5.91 Å². The van der Waals surface area contributed by atoms with E-state index in [2.05, 4.69) is 10.1 Å². The zero-order valence-corrected chi connectivity index (χ0v) is 11.7. The van der Waals surface area contributed by atoms with Gasteiger partial charge in [-0.25, -0.2) is 4.79 Å². The van der Waals surface area contributed by atoms with Crippen molar-refractivity contribution in [3.8, 4) is 0 Å². The Morgan fingerprint density at radius 2 is 1.63 bits per heavy atom. The predicted molar refractivity (Wildman–Crippen MR) is 68.5 cm³/mol. The van der Waals surface area contributed by atoms with Crippen LogP contribution in [-0.2, 0) is 19.1 Å². The number of amides is 2. The molecule has 0 aliphatic carbocycles. The number of carbonyl (C=O) groups is 3. The van der Waals surface area contributed by atoms with Gasteiger partial charge in [-0.2, -0.15) is 0 Å². The smallest absolute Gasteiger partial charge is 0.413 e. The number of hydrogen-bond acceptors (Lipinski definition) is 6. The van der Waals surface area contributed by atoms with Crippen LogP contribution in [0.1, 0.15) is 27.2 Å². The van der Waals surface area contributed by atoms with E-state index in [-0.39, 0.29) is 25.7 Å². The minimum Gasteiger partial charge on any atom is -0.465 e. The number of carbonyl (C=O) groups excluding carboxylic acids is 3. The van der Waals surface area contributed by atoms with Crippen molar-refractivity contribution in [2.75, 3.05) is 32.8 Å². The Hall–Kier alpha value is -1.63. The molecule has 110 valence electrons. The fourth-order valence-electron chi connectivity index (χ4n) is 1.44. The van der Waals surface area contributed by atoms with Crippen LogP contribution in [0.25, 0.3) is 0 Å². The summed E-state index contributed by atoms with van der Waals surface area (Å²) in [4.78, 5) is 35.6. The first kappa shape index (κ1) is 17.4. The summed E-state index contributed by atoms with van der Waals surface area (Å²) in [6, 6.07) is 0. The van der Waals surface area contributed by atoms with Crippen molar-refractivity contribution in [1.82, 2.24) is 10.2 Å². The molecule has 0 aromatic carbocycles. The van der Waals surface area contributed by atoms with Gasteiger partial charge in [-0.15, -0.1) is 0 Å². The first-order valence-electron chi connectivity index (χ1n) is 6.38. The molecule has 0 aromatic rings. The summed E-state index contributed by atoms with van der Waals surface area (Å²) < 4.78 is 9.41. The van der Waals surface area contributed by atoms with Crippen molar-refractivity contribution in [1.29, 1.82) is 0 Å². The number of ether oxygens (including phenoxy) is 2. The number of imide groups is 1. The first-order chi connectivity index (χ1) is 9.03. The van der Waals surface area contributed by atoms with Gasteiger partial charge in [-0.3, -0.25) is 19.8 Å². The van der Waals surface area contributed by atoms with Crippen LogP contribution in [0.5, 0.6) is 0 Å². The van der Waals surface area contributed by atoms with E-state index in [0.29, 0.717) is 13.2 Å². The maximum absolute atomic E-state index is 11.5. The summed E-state index contributed by atoms with van der Waals surface area (Å²) in [5.74, 6) is -0.893. The predicted octanol–water partition coefficient (Wildman–Crippen LogP) is 0.534. The molecule has 0 radical (unpaired) electrons. The van der Waals surface area contributed by atoms with E-state index in [9.17, 15) is 14.4 Å². The fourth-order valence-corrected chi connectivity index (χ4v) is 1.44. The molecule has 7 heteroatoms. The van der Waals surface area contributed by atoms with Gasteiger partial charge < -0.3 is 9.47 Å². The summed E-state index contributed by atoms with van der Waals surface area (Å²) in [5, 5.41) is 2.08. The van der Waals surface area contributed by atoms with E-state index in [1.54, 1.807) is 18.7 Å². The number of nitrogens with zero attached hydrogens (tertiary/aromatic N) is 1. The van der Waals surface area contributed by atoms with Crippen LogP contribution in [0.15, 0.2) is 0 Å². The van der Waals surface area contributed by atoms with Crippen LogP contribution in [0.3, 0.4) is 0 Å². The topological polar surface area (TPSA) is 84.9 Å². The summed E-state index contributed by atoms with van der Waals surface area (Å²) in [5.41, 5.74) is 0. The van der Waals surface area contributed by atoms with Gasteiger partial charge in [-0.05, 0) is 26.8 Å². The third-order valence-corrected chi connectivity index (χ3v) is 2.08. The van der Waals surface area contributed by atoms with Gasteiger partial charge in [0.1, 0.15) is 0 Å². The molecule has 0 rings (SSSR count). The van der Waals surface area contributed by atoms with E-state index in [0.717, 1.165) is 6.42 Å². The highest BCUT2D eigenvalue weighted by Gasteiger charge is 2.16. The summed E-state index contributed by atoms with van der Waals surface area (Å²) in [7, 11) is 0. The van der Waals surface area contributed by atoms with E-state index in [4.69, 9.17) is 4.74 Å². The normalized spacial score (nSPS) is 10.1. The zero-order chi connectivity index (χ0) is 14.7. The molecule has 0 bridgehead atoms. The van der Waals surface area contributed by atoms with Crippen LogP contribution < -0.4 is 5.32 Å². The average molecular weight is 274 g/mol. The third-order valence-electron chi connectivity index (χ3n) is 2.08. The van der Waals surface area contributed by atoms with Gasteiger partial charge in [-0.1, -0.05) is 6.92 Å². The lowest BCUT2D eigenvalue weighted by atomic mass is 10.4. The first-order valence-corrected chi connectivity index (χ1v) is 6.38. The molecule has 0 saturated heterocycles. The Balaban J connectivity index is 4.21. The molecular formula is C12H22N2O5. The van der Waals surface area contributed by atoms with E-state index >= 15 is 0 Å². The number of alkyl carbamates (subject to hydrolysis) is 1. The van der Waals surface area contributed by atoms with Crippen molar-refractivity contribution in [2.24, 2.45) is 0 Å². The maximum atomic E-state index is 11.5. The highest BCUT2D eigenvalue weighted by molar-refractivity contribution is 5.93. The second kappa shape index (κ2) is 10.3. The highest BCUT2D eigenvalue weighted by atomic mass is 16.5. The average Bonchev–Trinajstić information content (AvgIpc) is 2.29. The molecule has 0 saturated carbocycles. The number of nitrogens with one attached hydrogen (secondary N) is 1. The van der Waals surface area contributed by atoms with Crippen molar-refractivity contribution < 1.29 is 23.9 Å². The van der Waals surface area contributed by atoms with Crippen LogP contribution in [0.4, 0.5) is 4.79 Å². The van der Waals surface area contributed by atoms with Gasteiger partial charge in [0, 0.05) is 0 Å². The third kappa shape index (κ3) is 9.01. The Morgan fingerprint density at radius 3 is 2.16 bits per heavy atom. The molecule has 0 fully saturated rings. The molecule has 7 nitrogen and oxygen atoms in total. The van der Waals surface area contributed by atoms with E-state index in [1.807, 2.05) is 6.92 Å². The maximum Gasteiger partial charge on any atom is 0.413 e. The standard InChI is InChI=1S/C12H22N2O5/c1-4-7-14(9-11(16)18-5-2)8-10(15)13-12(17)19-6-3/h4-9H2,1-3H3,(H,13,15,17). The molecule has 19 heavy (non-hydrogen) atoms. The largest absolute Gasteiger partial charge is 0.465 e. The van der Waals surface area contributed by atoms with Gasteiger partial charge in [0.25, 0.3) is 0 Å².